The lowest BCUT2D eigenvalue weighted by Crippen LogP contribution is -2.16. The minimum absolute atomic E-state index is 0.111. The van der Waals surface area contributed by atoms with Gasteiger partial charge in [-0.3, -0.25) is 9.59 Å². The number of anilines is 2. The second-order valence-corrected chi connectivity index (χ2v) is 5.87. The average Bonchev–Trinajstić information content (AvgIpc) is 2.72. The van der Waals surface area contributed by atoms with Gasteiger partial charge in [-0.25, -0.2) is 9.59 Å². The van der Waals surface area contributed by atoms with Crippen LogP contribution in [0.15, 0.2) is 60.3 Å². The molecule has 0 saturated heterocycles. The van der Waals surface area contributed by atoms with Gasteiger partial charge < -0.3 is 20.1 Å². The number of ketones is 1. The van der Waals surface area contributed by atoms with Crippen LogP contribution in [-0.4, -0.2) is 37.8 Å². The third-order valence-electron chi connectivity index (χ3n) is 3.80. The highest BCUT2D eigenvalue weighted by atomic mass is 16.5. The van der Waals surface area contributed by atoms with E-state index in [-0.39, 0.29) is 11.5 Å². The van der Waals surface area contributed by atoms with Crippen molar-refractivity contribution in [3.63, 3.8) is 0 Å². The molecule has 2 N–H and O–H groups in total. The van der Waals surface area contributed by atoms with Crippen molar-refractivity contribution in [2.45, 2.75) is 6.92 Å². The molecule has 2 aromatic rings. The minimum Gasteiger partial charge on any atom is -0.466 e. The Morgan fingerprint density at radius 3 is 2.00 bits per heavy atom. The molecule has 0 bridgehead atoms. The fourth-order valence-corrected chi connectivity index (χ4v) is 2.35. The van der Waals surface area contributed by atoms with Gasteiger partial charge in [-0.2, -0.15) is 0 Å². The maximum atomic E-state index is 12.5. The van der Waals surface area contributed by atoms with E-state index >= 15 is 0 Å². The average molecular weight is 396 g/mol. The number of esters is 2. The Hall–Kier alpha value is -3.94. The molecule has 8 nitrogen and oxygen atoms in total. The molecule has 0 radical (unpaired) electrons. The zero-order valence-corrected chi connectivity index (χ0v) is 16.1. The van der Waals surface area contributed by atoms with Crippen molar-refractivity contribution >= 4 is 35.0 Å². The van der Waals surface area contributed by atoms with Crippen LogP contribution < -0.4 is 10.6 Å². The van der Waals surface area contributed by atoms with Crippen LogP contribution >= 0.6 is 0 Å². The summed E-state index contributed by atoms with van der Waals surface area (Å²) >= 11 is 0. The molecule has 8 heteroatoms. The Labute approximate surface area is 167 Å². The SMILES string of the molecule is COC(=O)/C=C(/Nc1cccc(C(=O)Nc2cccc(C(C)=O)c2)c1)C(=O)OC. The molecule has 0 aliphatic rings. The molecule has 0 unspecified atom stereocenters. The Kier molecular flexibility index (Phi) is 7.25. The van der Waals surface area contributed by atoms with E-state index in [0.29, 0.717) is 22.5 Å². The first-order valence-corrected chi connectivity index (χ1v) is 8.51. The highest BCUT2D eigenvalue weighted by molar-refractivity contribution is 6.06. The van der Waals surface area contributed by atoms with E-state index in [1.165, 1.54) is 27.2 Å². The zero-order chi connectivity index (χ0) is 21.4. The third-order valence-corrected chi connectivity index (χ3v) is 3.80. The number of benzene rings is 2. The fourth-order valence-electron chi connectivity index (χ4n) is 2.35. The standard InChI is InChI=1S/C21H20N2O6/c1-13(24)14-6-4-9-17(10-14)23-20(26)15-7-5-8-16(11-15)22-18(21(27)29-3)12-19(25)28-2/h4-12,22H,1-3H3,(H,23,26)/b18-12+. The lowest BCUT2D eigenvalue weighted by atomic mass is 10.1. The molecule has 1 amide bonds. The molecule has 0 aliphatic heterocycles. The number of Topliss-reactive ketones (excluding diaryl/α,β-unsaturated/α-hetero) is 1. The summed E-state index contributed by atoms with van der Waals surface area (Å²) in [5.41, 5.74) is 1.49. The summed E-state index contributed by atoms with van der Waals surface area (Å²) < 4.78 is 9.15. The summed E-state index contributed by atoms with van der Waals surface area (Å²) in [6.45, 7) is 1.44. The minimum atomic E-state index is -0.772. The normalized spacial score (nSPS) is 10.7. The topological polar surface area (TPSA) is 111 Å². The number of ether oxygens (including phenoxy) is 2. The van der Waals surface area contributed by atoms with Crippen molar-refractivity contribution in [1.82, 2.24) is 0 Å². The van der Waals surface area contributed by atoms with Crippen molar-refractivity contribution in [3.05, 3.63) is 71.4 Å². The van der Waals surface area contributed by atoms with Crippen LogP contribution in [0.5, 0.6) is 0 Å². The quantitative estimate of drug-likeness (QED) is 0.421. The Morgan fingerprint density at radius 1 is 0.828 bits per heavy atom. The van der Waals surface area contributed by atoms with Crippen molar-refractivity contribution < 1.29 is 28.7 Å². The smallest absolute Gasteiger partial charge is 0.354 e. The molecule has 2 rings (SSSR count). The van der Waals surface area contributed by atoms with Crippen LogP contribution in [0.25, 0.3) is 0 Å². The molecule has 2 aromatic carbocycles. The summed E-state index contributed by atoms with van der Waals surface area (Å²) in [5, 5.41) is 5.45. The monoisotopic (exact) mass is 396 g/mol. The third kappa shape index (κ3) is 6.03. The molecule has 0 spiro atoms. The van der Waals surface area contributed by atoms with Gasteiger partial charge in [-0.05, 0) is 37.3 Å². The summed E-state index contributed by atoms with van der Waals surface area (Å²) in [7, 11) is 2.36. The van der Waals surface area contributed by atoms with E-state index in [1.54, 1.807) is 42.5 Å². The summed E-state index contributed by atoms with van der Waals surface area (Å²) in [5.74, 6) is -2.03. The maximum absolute atomic E-state index is 12.5. The molecular weight excluding hydrogens is 376 g/mol. The number of carbonyl (C=O) groups is 4. The van der Waals surface area contributed by atoms with E-state index in [0.717, 1.165) is 6.08 Å². The van der Waals surface area contributed by atoms with Gasteiger partial charge >= 0.3 is 11.9 Å². The molecular formula is C21H20N2O6. The molecule has 0 fully saturated rings. The predicted molar refractivity (Wildman–Crippen MR) is 107 cm³/mol. The number of methoxy groups -OCH3 is 2. The first kappa shape index (κ1) is 21.4. The van der Waals surface area contributed by atoms with E-state index in [4.69, 9.17) is 0 Å². The number of hydrogen-bond donors (Lipinski definition) is 2. The van der Waals surface area contributed by atoms with Crippen LogP contribution in [0.2, 0.25) is 0 Å². The molecule has 0 heterocycles. The Balaban J connectivity index is 2.21. The van der Waals surface area contributed by atoms with Crippen LogP contribution in [0.4, 0.5) is 11.4 Å². The van der Waals surface area contributed by atoms with Gasteiger partial charge in [-0.15, -0.1) is 0 Å². The number of nitrogens with one attached hydrogen (secondary N) is 2. The highest BCUT2D eigenvalue weighted by Crippen LogP contribution is 2.17. The van der Waals surface area contributed by atoms with Crippen molar-refractivity contribution in [3.8, 4) is 0 Å². The maximum Gasteiger partial charge on any atom is 0.354 e. The second kappa shape index (κ2) is 9.84. The number of hydrogen-bond acceptors (Lipinski definition) is 7. The van der Waals surface area contributed by atoms with Crippen LogP contribution in [0, 0.1) is 0 Å². The summed E-state index contributed by atoms with van der Waals surface area (Å²) in [4.78, 5) is 47.3. The molecule has 29 heavy (non-hydrogen) atoms. The van der Waals surface area contributed by atoms with E-state index in [9.17, 15) is 19.2 Å². The van der Waals surface area contributed by atoms with Crippen LogP contribution in [0.3, 0.4) is 0 Å². The predicted octanol–water partition coefficient (Wildman–Crippen LogP) is 2.78. The Bertz CT molecular complexity index is 981. The highest BCUT2D eigenvalue weighted by Gasteiger charge is 2.14. The van der Waals surface area contributed by atoms with Gasteiger partial charge in [0.1, 0.15) is 5.70 Å². The van der Waals surface area contributed by atoms with Crippen LogP contribution in [-0.2, 0) is 19.1 Å². The molecule has 0 saturated carbocycles. The van der Waals surface area contributed by atoms with Gasteiger partial charge in [0.25, 0.3) is 5.91 Å². The first-order valence-electron chi connectivity index (χ1n) is 8.51. The summed E-state index contributed by atoms with van der Waals surface area (Å²) in [6.07, 6.45) is 0.950. The van der Waals surface area contributed by atoms with Gasteiger partial charge in [0, 0.05) is 22.5 Å². The fraction of sp³-hybridized carbons (Fsp3) is 0.143. The van der Waals surface area contributed by atoms with Gasteiger partial charge in [0.2, 0.25) is 0 Å². The number of rotatable bonds is 7. The lowest BCUT2D eigenvalue weighted by Gasteiger charge is -2.11. The second-order valence-electron chi connectivity index (χ2n) is 5.87. The number of amides is 1. The molecule has 150 valence electrons. The summed E-state index contributed by atoms with van der Waals surface area (Å²) in [6, 6.07) is 12.9. The van der Waals surface area contributed by atoms with Gasteiger partial charge in [0.05, 0.1) is 20.3 Å². The van der Waals surface area contributed by atoms with Gasteiger partial charge in [0.15, 0.2) is 5.78 Å². The van der Waals surface area contributed by atoms with E-state index < -0.39 is 17.8 Å². The van der Waals surface area contributed by atoms with Crippen LogP contribution in [0.1, 0.15) is 27.6 Å². The van der Waals surface area contributed by atoms with E-state index in [2.05, 4.69) is 20.1 Å². The molecule has 0 atom stereocenters. The van der Waals surface area contributed by atoms with Crippen molar-refractivity contribution in [2.24, 2.45) is 0 Å². The van der Waals surface area contributed by atoms with Crippen molar-refractivity contribution in [1.29, 1.82) is 0 Å². The number of carbonyl (C=O) groups excluding carboxylic acids is 4. The van der Waals surface area contributed by atoms with Gasteiger partial charge in [-0.1, -0.05) is 18.2 Å². The zero-order valence-electron chi connectivity index (χ0n) is 16.1. The molecule has 0 aliphatic carbocycles. The van der Waals surface area contributed by atoms with Crippen molar-refractivity contribution in [2.75, 3.05) is 24.9 Å². The lowest BCUT2D eigenvalue weighted by molar-refractivity contribution is -0.138. The van der Waals surface area contributed by atoms with E-state index in [1.807, 2.05) is 0 Å². The molecule has 0 aromatic heterocycles. The first-order chi connectivity index (χ1) is 13.8. The Morgan fingerprint density at radius 2 is 1.41 bits per heavy atom. The largest absolute Gasteiger partial charge is 0.466 e.